The molecule has 3 N–H and O–H groups in total. The van der Waals surface area contributed by atoms with Crippen molar-refractivity contribution < 1.29 is 9.59 Å². The van der Waals surface area contributed by atoms with E-state index in [4.69, 9.17) is 5.73 Å². The predicted molar refractivity (Wildman–Crippen MR) is 58.0 cm³/mol. The van der Waals surface area contributed by atoms with Crippen LogP contribution < -0.4 is 11.1 Å². The van der Waals surface area contributed by atoms with Crippen molar-refractivity contribution in [3.05, 3.63) is 0 Å². The molecule has 86 valence electrons. The van der Waals surface area contributed by atoms with Gasteiger partial charge in [0.05, 0.1) is 0 Å². The van der Waals surface area contributed by atoms with Gasteiger partial charge in [0.25, 0.3) is 0 Å². The Kier molecular flexibility index (Phi) is 3.72. The van der Waals surface area contributed by atoms with Crippen molar-refractivity contribution >= 4 is 11.8 Å². The van der Waals surface area contributed by atoms with Crippen LogP contribution in [0.5, 0.6) is 0 Å². The summed E-state index contributed by atoms with van der Waals surface area (Å²) in [6.07, 6.45) is 4.61. The Labute approximate surface area is 90.6 Å². The third-order valence-electron chi connectivity index (χ3n) is 3.40. The number of carbonyl (C=O) groups excluding carboxylic acids is 2. The average molecular weight is 212 g/mol. The van der Waals surface area contributed by atoms with E-state index in [1.165, 1.54) is 6.92 Å². The third kappa shape index (κ3) is 2.30. The standard InChI is InChI=1S/C11H20N2O2/c1-3-9-6-4-5-7-11(9,10(12)15)13-8(2)14/h9H,3-7H2,1-2H3,(H2,12,15)(H,13,14). The van der Waals surface area contributed by atoms with E-state index in [0.717, 1.165) is 25.7 Å². The van der Waals surface area contributed by atoms with Gasteiger partial charge in [-0.2, -0.15) is 0 Å². The lowest BCUT2D eigenvalue weighted by Gasteiger charge is -2.41. The van der Waals surface area contributed by atoms with Crippen molar-refractivity contribution in [2.75, 3.05) is 0 Å². The van der Waals surface area contributed by atoms with Crippen LogP contribution in [0.25, 0.3) is 0 Å². The summed E-state index contributed by atoms with van der Waals surface area (Å²) in [6.45, 7) is 3.47. The number of rotatable bonds is 3. The van der Waals surface area contributed by atoms with E-state index < -0.39 is 5.54 Å². The first kappa shape index (κ1) is 12.0. The highest BCUT2D eigenvalue weighted by atomic mass is 16.2. The van der Waals surface area contributed by atoms with E-state index >= 15 is 0 Å². The first-order valence-corrected chi connectivity index (χ1v) is 5.61. The van der Waals surface area contributed by atoms with Crippen molar-refractivity contribution in [3.8, 4) is 0 Å². The van der Waals surface area contributed by atoms with Crippen molar-refractivity contribution in [2.24, 2.45) is 11.7 Å². The molecule has 15 heavy (non-hydrogen) atoms. The molecule has 0 aromatic heterocycles. The van der Waals surface area contributed by atoms with Crippen molar-refractivity contribution in [3.63, 3.8) is 0 Å². The van der Waals surface area contributed by atoms with Gasteiger partial charge in [-0.25, -0.2) is 0 Å². The number of amides is 2. The largest absolute Gasteiger partial charge is 0.368 e. The first-order chi connectivity index (χ1) is 7.03. The van der Waals surface area contributed by atoms with Crippen molar-refractivity contribution in [1.82, 2.24) is 5.32 Å². The van der Waals surface area contributed by atoms with Gasteiger partial charge in [-0.15, -0.1) is 0 Å². The number of nitrogens with two attached hydrogens (primary N) is 1. The fourth-order valence-corrected chi connectivity index (χ4v) is 2.66. The topological polar surface area (TPSA) is 72.2 Å². The molecule has 4 heteroatoms. The van der Waals surface area contributed by atoms with E-state index in [0.29, 0.717) is 6.42 Å². The second kappa shape index (κ2) is 4.64. The van der Waals surface area contributed by atoms with E-state index in [9.17, 15) is 9.59 Å². The molecule has 1 rings (SSSR count). The summed E-state index contributed by atoms with van der Waals surface area (Å²) >= 11 is 0. The molecule has 2 atom stereocenters. The molecule has 0 aromatic carbocycles. The van der Waals surface area contributed by atoms with Crippen molar-refractivity contribution in [2.45, 2.75) is 51.5 Å². The Hall–Kier alpha value is -1.06. The highest BCUT2D eigenvalue weighted by Gasteiger charge is 2.45. The van der Waals surface area contributed by atoms with Gasteiger partial charge in [0.15, 0.2) is 0 Å². The van der Waals surface area contributed by atoms with Crippen LogP contribution in [0.2, 0.25) is 0 Å². The molecule has 0 bridgehead atoms. The number of primary amides is 1. The van der Waals surface area contributed by atoms with Gasteiger partial charge >= 0.3 is 0 Å². The Bertz CT molecular complexity index is 265. The summed E-state index contributed by atoms with van der Waals surface area (Å²) in [5.41, 5.74) is 4.67. The summed E-state index contributed by atoms with van der Waals surface area (Å²) in [7, 11) is 0. The molecule has 0 radical (unpaired) electrons. The number of carbonyl (C=O) groups is 2. The Morgan fingerprint density at radius 2 is 2.13 bits per heavy atom. The van der Waals surface area contributed by atoms with Crippen LogP contribution in [0.4, 0.5) is 0 Å². The Morgan fingerprint density at radius 1 is 1.47 bits per heavy atom. The predicted octanol–water partition coefficient (Wildman–Crippen LogP) is 0.947. The lowest BCUT2D eigenvalue weighted by Crippen LogP contribution is -2.62. The lowest BCUT2D eigenvalue weighted by atomic mass is 9.71. The molecule has 0 heterocycles. The van der Waals surface area contributed by atoms with Gasteiger partial charge < -0.3 is 11.1 Å². The summed E-state index contributed by atoms with van der Waals surface area (Å²) < 4.78 is 0. The van der Waals surface area contributed by atoms with E-state index in [2.05, 4.69) is 5.32 Å². The smallest absolute Gasteiger partial charge is 0.243 e. The summed E-state index contributed by atoms with van der Waals surface area (Å²) in [6, 6.07) is 0. The minimum absolute atomic E-state index is 0.172. The van der Waals surface area contributed by atoms with Crippen LogP contribution in [-0.4, -0.2) is 17.4 Å². The molecule has 1 aliphatic rings. The minimum atomic E-state index is -0.793. The van der Waals surface area contributed by atoms with Crippen LogP contribution in [0.3, 0.4) is 0 Å². The summed E-state index contributed by atoms with van der Waals surface area (Å²) in [5, 5.41) is 2.78. The van der Waals surface area contributed by atoms with Crippen LogP contribution >= 0.6 is 0 Å². The highest BCUT2D eigenvalue weighted by molar-refractivity contribution is 5.90. The van der Waals surface area contributed by atoms with Crippen LogP contribution in [-0.2, 0) is 9.59 Å². The maximum atomic E-state index is 11.6. The van der Waals surface area contributed by atoms with Crippen LogP contribution in [0.15, 0.2) is 0 Å². The SMILES string of the molecule is CCC1CCCCC1(NC(C)=O)C(N)=O. The number of hydrogen-bond acceptors (Lipinski definition) is 2. The molecule has 1 aliphatic carbocycles. The summed E-state index contributed by atoms with van der Waals surface area (Å²) in [5.74, 6) is -0.369. The molecular formula is C11H20N2O2. The maximum absolute atomic E-state index is 11.6. The van der Waals surface area contributed by atoms with Gasteiger partial charge in [-0.3, -0.25) is 9.59 Å². The van der Waals surface area contributed by atoms with Gasteiger partial charge in [-0.1, -0.05) is 26.2 Å². The zero-order valence-corrected chi connectivity index (χ0v) is 9.51. The van der Waals surface area contributed by atoms with E-state index in [1.54, 1.807) is 0 Å². The van der Waals surface area contributed by atoms with Gasteiger partial charge in [-0.05, 0) is 18.8 Å². The molecule has 1 saturated carbocycles. The summed E-state index contributed by atoms with van der Waals surface area (Å²) in [4.78, 5) is 22.8. The molecule has 2 unspecified atom stereocenters. The van der Waals surface area contributed by atoms with Crippen LogP contribution in [0, 0.1) is 5.92 Å². The second-order valence-corrected chi connectivity index (χ2v) is 4.37. The first-order valence-electron chi connectivity index (χ1n) is 5.61. The molecule has 0 aromatic rings. The maximum Gasteiger partial charge on any atom is 0.243 e. The highest BCUT2D eigenvalue weighted by Crippen LogP contribution is 2.35. The van der Waals surface area contributed by atoms with E-state index in [1.807, 2.05) is 6.92 Å². The third-order valence-corrected chi connectivity index (χ3v) is 3.40. The molecule has 1 fully saturated rings. The second-order valence-electron chi connectivity index (χ2n) is 4.37. The lowest BCUT2D eigenvalue weighted by molar-refractivity contribution is -0.134. The fraction of sp³-hybridized carbons (Fsp3) is 0.818. The number of hydrogen-bond donors (Lipinski definition) is 2. The molecule has 0 aliphatic heterocycles. The van der Waals surface area contributed by atoms with E-state index in [-0.39, 0.29) is 17.7 Å². The molecule has 2 amide bonds. The average Bonchev–Trinajstić information content (AvgIpc) is 2.17. The monoisotopic (exact) mass is 212 g/mol. The number of nitrogens with one attached hydrogen (secondary N) is 1. The molecule has 0 saturated heterocycles. The van der Waals surface area contributed by atoms with Crippen LogP contribution in [0.1, 0.15) is 46.0 Å². The van der Waals surface area contributed by atoms with Gasteiger partial charge in [0.2, 0.25) is 11.8 Å². The normalized spacial score (nSPS) is 30.9. The zero-order chi connectivity index (χ0) is 11.5. The molecule has 4 nitrogen and oxygen atoms in total. The minimum Gasteiger partial charge on any atom is -0.368 e. The Balaban J connectivity index is 2.94. The van der Waals surface area contributed by atoms with Crippen molar-refractivity contribution in [1.29, 1.82) is 0 Å². The Morgan fingerprint density at radius 3 is 2.60 bits per heavy atom. The van der Waals surface area contributed by atoms with Gasteiger partial charge in [0.1, 0.15) is 5.54 Å². The quantitative estimate of drug-likeness (QED) is 0.731. The zero-order valence-electron chi connectivity index (χ0n) is 9.51. The molecular weight excluding hydrogens is 192 g/mol. The fourth-order valence-electron chi connectivity index (χ4n) is 2.66. The van der Waals surface area contributed by atoms with Gasteiger partial charge in [0, 0.05) is 6.92 Å². The molecule has 0 spiro atoms.